The fourth-order valence-corrected chi connectivity index (χ4v) is 5.84. The Labute approximate surface area is 238 Å². The lowest BCUT2D eigenvalue weighted by Crippen LogP contribution is -2.47. The third-order valence-electron chi connectivity index (χ3n) is 6.71. The van der Waals surface area contributed by atoms with E-state index in [2.05, 4.69) is 9.89 Å². The minimum atomic E-state index is -0.231. The monoisotopic (exact) mass is 550 g/mol. The molecule has 6 rings (SSSR count). The summed E-state index contributed by atoms with van der Waals surface area (Å²) in [6, 6.07) is 27.9. The molecule has 0 bridgehead atoms. The quantitative estimate of drug-likeness (QED) is 0.266. The van der Waals surface area contributed by atoms with Crippen molar-refractivity contribution in [2.45, 2.75) is 32.7 Å². The van der Waals surface area contributed by atoms with E-state index >= 15 is 0 Å². The maximum absolute atomic E-state index is 13.0. The highest BCUT2D eigenvalue weighted by molar-refractivity contribution is 8.18. The SMILES string of the molecule is CC1CN(C2=NC(=O)C(=Cc3cn(-c4ccccc4)nc3-c3cccc(OCc4ccccc4)c3)S2)CC(C)O1. The molecule has 1 saturated heterocycles. The molecule has 0 N–H and O–H groups in total. The Hall–Kier alpha value is -4.14. The molecule has 1 fully saturated rings. The Balaban J connectivity index is 1.31. The van der Waals surface area contributed by atoms with Gasteiger partial charge in [-0.2, -0.15) is 10.1 Å². The molecule has 2 aliphatic heterocycles. The fourth-order valence-electron chi connectivity index (χ4n) is 4.91. The largest absolute Gasteiger partial charge is 0.489 e. The van der Waals surface area contributed by atoms with E-state index in [9.17, 15) is 4.79 Å². The predicted octanol–water partition coefficient (Wildman–Crippen LogP) is 6.20. The van der Waals surface area contributed by atoms with Crippen LogP contribution in [0.15, 0.2) is 101 Å². The highest BCUT2D eigenvalue weighted by Gasteiger charge is 2.31. The first-order chi connectivity index (χ1) is 19.5. The minimum absolute atomic E-state index is 0.0854. The number of hydrogen-bond donors (Lipinski definition) is 0. The van der Waals surface area contributed by atoms with E-state index < -0.39 is 0 Å². The van der Waals surface area contributed by atoms with Gasteiger partial charge < -0.3 is 14.4 Å². The minimum Gasteiger partial charge on any atom is -0.489 e. The highest BCUT2D eigenvalue weighted by atomic mass is 32.2. The lowest BCUT2D eigenvalue weighted by Gasteiger charge is -2.35. The zero-order chi connectivity index (χ0) is 27.5. The lowest BCUT2D eigenvalue weighted by atomic mass is 10.1. The maximum atomic E-state index is 13.0. The van der Waals surface area contributed by atoms with Crippen LogP contribution in [0.4, 0.5) is 0 Å². The molecular weight excluding hydrogens is 520 g/mol. The Morgan fingerprint density at radius 2 is 1.70 bits per heavy atom. The molecule has 0 aliphatic carbocycles. The number of thioether (sulfide) groups is 1. The van der Waals surface area contributed by atoms with Crippen molar-refractivity contribution in [1.82, 2.24) is 14.7 Å². The zero-order valence-corrected chi connectivity index (χ0v) is 23.3. The van der Waals surface area contributed by atoms with Crippen LogP contribution in [0.3, 0.4) is 0 Å². The van der Waals surface area contributed by atoms with Crippen molar-refractivity contribution in [2.75, 3.05) is 13.1 Å². The van der Waals surface area contributed by atoms with E-state index in [1.54, 1.807) is 0 Å². The van der Waals surface area contributed by atoms with Gasteiger partial charge in [-0.1, -0.05) is 60.7 Å². The number of carbonyl (C=O) groups is 1. The maximum Gasteiger partial charge on any atom is 0.286 e. The van der Waals surface area contributed by atoms with Crippen LogP contribution in [0.1, 0.15) is 25.0 Å². The van der Waals surface area contributed by atoms with Crippen LogP contribution < -0.4 is 4.74 Å². The summed E-state index contributed by atoms with van der Waals surface area (Å²) in [4.78, 5) is 20.1. The third kappa shape index (κ3) is 5.88. The number of rotatable bonds is 6. The van der Waals surface area contributed by atoms with Crippen molar-refractivity contribution in [1.29, 1.82) is 0 Å². The smallest absolute Gasteiger partial charge is 0.286 e. The summed E-state index contributed by atoms with van der Waals surface area (Å²) < 4.78 is 13.8. The Morgan fingerprint density at radius 3 is 2.45 bits per heavy atom. The summed E-state index contributed by atoms with van der Waals surface area (Å²) in [5.41, 5.74) is 4.53. The standard InChI is InChI=1S/C32H30N4O3S/c1-22-18-35(19-23(2)39-22)32-33-31(37)29(40-32)17-26-20-36(27-13-7-4-8-14-27)34-30(26)25-12-9-15-28(16-25)38-21-24-10-5-3-6-11-24/h3-17,20,22-23H,18-19,21H2,1-2H3. The van der Waals surface area contributed by atoms with E-state index in [4.69, 9.17) is 14.6 Å². The van der Waals surface area contributed by atoms with Crippen LogP contribution in [0.5, 0.6) is 5.75 Å². The van der Waals surface area contributed by atoms with Crippen LogP contribution in [0.25, 0.3) is 23.0 Å². The molecular formula is C32H30N4O3S. The molecule has 0 saturated carbocycles. The highest BCUT2D eigenvalue weighted by Crippen LogP contribution is 2.35. The number of benzene rings is 3. The molecule has 202 valence electrons. The van der Waals surface area contributed by atoms with Gasteiger partial charge in [0.1, 0.15) is 18.1 Å². The number of aliphatic imine (C=N–C) groups is 1. The summed E-state index contributed by atoms with van der Waals surface area (Å²) in [5.74, 6) is 0.520. The number of nitrogens with zero attached hydrogens (tertiary/aromatic N) is 4. The Morgan fingerprint density at radius 1 is 0.975 bits per heavy atom. The fraction of sp³-hybridized carbons (Fsp3) is 0.219. The number of amidine groups is 1. The molecule has 7 nitrogen and oxygen atoms in total. The van der Waals surface area contributed by atoms with Crippen LogP contribution in [-0.2, 0) is 16.1 Å². The molecule has 1 amide bonds. The van der Waals surface area contributed by atoms with Crippen LogP contribution in [-0.4, -0.2) is 51.1 Å². The molecule has 0 radical (unpaired) electrons. The van der Waals surface area contributed by atoms with E-state index in [0.29, 0.717) is 24.6 Å². The number of carbonyl (C=O) groups excluding carboxylic acids is 1. The van der Waals surface area contributed by atoms with Crippen molar-refractivity contribution >= 4 is 28.9 Å². The first kappa shape index (κ1) is 26.1. The van der Waals surface area contributed by atoms with Crippen LogP contribution in [0.2, 0.25) is 0 Å². The molecule has 2 aliphatic rings. The van der Waals surface area contributed by atoms with Crippen molar-refractivity contribution in [3.8, 4) is 22.7 Å². The van der Waals surface area contributed by atoms with E-state index in [0.717, 1.165) is 39.0 Å². The number of ether oxygens (including phenoxy) is 2. The van der Waals surface area contributed by atoms with Crippen molar-refractivity contribution in [2.24, 2.45) is 4.99 Å². The molecule has 1 aromatic heterocycles. The molecule has 3 aromatic carbocycles. The second-order valence-electron chi connectivity index (χ2n) is 9.99. The van der Waals surface area contributed by atoms with E-state index in [1.165, 1.54) is 11.8 Å². The molecule has 0 spiro atoms. The average molecular weight is 551 g/mol. The third-order valence-corrected chi connectivity index (χ3v) is 7.75. The van der Waals surface area contributed by atoms with Crippen LogP contribution >= 0.6 is 11.8 Å². The summed E-state index contributed by atoms with van der Waals surface area (Å²) in [7, 11) is 0. The van der Waals surface area contributed by atoms with Gasteiger partial charge in [-0.25, -0.2) is 4.68 Å². The molecule has 8 heteroatoms. The lowest BCUT2D eigenvalue weighted by molar-refractivity contribution is -0.113. The van der Waals surface area contributed by atoms with Gasteiger partial charge in [0.15, 0.2) is 5.17 Å². The van der Waals surface area contributed by atoms with Crippen molar-refractivity contribution in [3.05, 3.63) is 107 Å². The zero-order valence-electron chi connectivity index (χ0n) is 22.4. The number of aromatic nitrogens is 2. The molecule has 3 heterocycles. The van der Waals surface area contributed by atoms with Gasteiger partial charge in [0.05, 0.1) is 22.8 Å². The first-order valence-electron chi connectivity index (χ1n) is 13.4. The van der Waals surface area contributed by atoms with Crippen LogP contribution in [0, 0.1) is 0 Å². The van der Waals surface area contributed by atoms with Gasteiger partial charge in [0.2, 0.25) is 0 Å². The van der Waals surface area contributed by atoms with Gasteiger partial charge >= 0.3 is 0 Å². The van der Waals surface area contributed by atoms with Gasteiger partial charge in [0, 0.05) is 30.4 Å². The van der Waals surface area contributed by atoms with E-state index in [1.807, 2.05) is 116 Å². The second kappa shape index (κ2) is 11.5. The topological polar surface area (TPSA) is 69.0 Å². The summed E-state index contributed by atoms with van der Waals surface area (Å²) in [6.45, 7) is 5.99. The molecule has 2 atom stereocenters. The Kier molecular flexibility index (Phi) is 7.53. The predicted molar refractivity (Wildman–Crippen MR) is 159 cm³/mol. The number of amides is 1. The normalized spacial score (nSPS) is 20.1. The summed E-state index contributed by atoms with van der Waals surface area (Å²) >= 11 is 1.41. The summed E-state index contributed by atoms with van der Waals surface area (Å²) in [5, 5.41) is 5.67. The molecule has 4 aromatic rings. The van der Waals surface area contributed by atoms with Gasteiger partial charge in [-0.15, -0.1) is 0 Å². The van der Waals surface area contributed by atoms with Gasteiger partial charge in [-0.05, 0) is 61.5 Å². The van der Waals surface area contributed by atoms with Crippen molar-refractivity contribution < 1.29 is 14.3 Å². The van der Waals surface area contributed by atoms with Crippen molar-refractivity contribution in [3.63, 3.8) is 0 Å². The second-order valence-corrected chi connectivity index (χ2v) is 11.0. The molecule has 40 heavy (non-hydrogen) atoms. The number of morpholine rings is 1. The average Bonchev–Trinajstić information content (AvgIpc) is 3.56. The summed E-state index contributed by atoms with van der Waals surface area (Å²) in [6.07, 6.45) is 4.03. The Bertz CT molecular complexity index is 1560. The number of para-hydroxylation sites is 1. The first-order valence-corrected chi connectivity index (χ1v) is 14.2. The number of hydrogen-bond acceptors (Lipinski definition) is 6. The molecule has 2 unspecified atom stereocenters. The van der Waals surface area contributed by atoms with Gasteiger partial charge in [0.25, 0.3) is 5.91 Å². The van der Waals surface area contributed by atoms with E-state index in [-0.39, 0.29) is 18.1 Å². The van der Waals surface area contributed by atoms with Gasteiger partial charge in [-0.3, -0.25) is 4.79 Å².